The van der Waals surface area contributed by atoms with Crippen molar-refractivity contribution >= 4 is 0 Å². The zero-order valence-corrected chi connectivity index (χ0v) is 12.5. The molecule has 4 heteroatoms. The van der Waals surface area contributed by atoms with E-state index in [0.29, 0.717) is 5.41 Å². The van der Waals surface area contributed by atoms with E-state index in [4.69, 9.17) is 5.73 Å². The highest BCUT2D eigenvalue weighted by atomic mass is 15.4. The first-order valence-electron chi connectivity index (χ1n) is 8.21. The van der Waals surface area contributed by atoms with E-state index in [-0.39, 0.29) is 6.04 Å². The van der Waals surface area contributed by atoms with Gasteiger partial charge in [-0.2, -0.15) is 0 Å². The normalized spacial score (nSPS) is 40.2. The molecule has 110 valence electrons. The van der Waals surface area contributed by atoms with Gasteiger partial charge in [-0.3, -0.25) is 4.68 Å². The summed E-state index contributed by atoms with van der Waals surface area (Å²) in [7, 11) is 1.92. The molecule has 0 spiro atoms. The van der Waals surface area contributed by atoms with Crippen LogP contribution in [0.4, 0.5) is 0 Å². The molecule has 4 saturated carbocycles. The number of hydrogen-bond donors (Lipinski definition) is 1. The lowest BCUT2D eigenvalue weighted by Gasteiger charge is -2.57. The molecule has 5 rings (SSSR count). The second-order valence-electron chi connectivity index (χ2n) is 7.97. The maximum atomic E-state index is 6.46. The van der Waals surface area contributed by atoms with Crippen molar-refractivity contribution in [2.24, 2.45) is 36.0 Å². The van der Waals surface area contributed by atoms with Crippen molar-refractivity contribution in [2.45, 2.75) is 57.4 Å². The lowest BCUT2D eigenvalue weighted by atomic mass is 9.48. The average Bonchev–Trinajstić information content (AvgIpc) is 2.71. The van der Waals surface area contributed by atoms with Gasteiger partial charge >= 0.3 is 0 Å². The fourth-order valence-electron chi connectivity index (χ4n) is 5.93. The summed E-state index contributed by atoms with van der Waals surface area (Å²) < 4.78 is 1.77. The standard InChI is InChI=1S/C16H26N4/c1-20-10-15(18-19-20)5-14(17)9-16-6-11-2-12(7-16)4-13(3-11)8-16/h10-14H,2-9,17H2,1H3. The molecule has 0 radical (unpaired) electrons. The van der Waals surface area contributed by atoms with Crippen LogP contribution in [0.2, 0.25) is 0 Å². The highest BCUT2D eigenvalue weighted by Crippen LogP contribution is 2.61. The zero-order valence-electron chi connectivity index (χ0n) is 12.5. The molecule has 1 aromatic heterocycles. The van der Waals surface area contributed by atoms with Gasteiger partial charge in [0.15, 0.2) is 0 Å². The monoisotopic (exact) mass is 274 g/mol. The molecule has 0 saturated heterocycles. The molecule has 0 aromatic carbocycles. The van der Waals surface area contributed by atoms with Crippen molar-refractivity contribution in [1.82, 2.24) is 15.0 Å². The zero-order chi connectivity index (χ0) is 13.7. The lowest BCUT2D eigenvalue weighted by Crippen LogP contribution is -2.48. The van der Waals surface area contributed by atoms with Gasteiger partial charge in [-0.1, -0.05) is 5.21 Å². The fraction of sp³-hybridized carbons (Fsp3) is 0.875. The van der Waals surface area contributed by atoms with Crippen LogP contribution in [0.15, 0.2) is 6.20 Å². The Morgan fingerprint density at radius 3 is 2.35 bits per heavy atom. The molecule has 1 heterocycles. The van der Waals surface area contributed by atoms with E-state index < -0.39 is 0 Å². The van der Waals surface area contributed by atoms with E-state index in [0.717, 1.165) is 29.9 Å². The molecular weight excluding hydrogens is 248 g/mol. The fourth-order valence-corrected chi connectivity index (χ4v) is 5.93. The van der Waals surface area contributed by atoms with E-state index in [1.165, 1.54) is 44.9 Å². The van der Waals surface area contributed by atoms with E-state index in [2.05, 4.69) is 10.3 Å². The average molecular weight is 274 g/mol. The van der Waals surface area contributed by atoms with Crippen LogP contribution >= 0.6 is 0 Å². The molecule has 1 unspecified atom stereocenters. The third-order valence-electron chi connectivity index (χ3n) is 5.98. The van der Waals surface area contributed by atoms with E-state index in [9.17, 15) is 0 Å². The van der Waals surface area contributed by atoms with Crippen LogP contribution in [0.5, 0.6) is 0 Å². The van der Waals surface area contributed by atoms with E-state index >= 15 is 0 Å². The molecular formula is C16H26N4. The van der Waals surface area contributed by atoms with Crippen LogP contribution in [0, 0.1) is 23.2 Å². The largest absolute Gasteiger partial charge is 0.327 e. The van der Waals surface area contributed by atoms with Crippen molar-refractivity contribution < 1.29 is 0 Å². The van der Waals surface area contributed by atoms with E-state index in [1.54, 1.807) is 4.68 Å². The SMILES string of the molecule is Cn1cc(CC(N)CC23CC4CC(CC(C4)C2)C3)nn1. The highest BCUT2D eigenvalue weighted by molar-refractivity contribution is 5.04. The highest BCUT2D eigenvalue weighted by Gasteiger charge is 2.50. The minimum Gasteiger partial charge on any atom is -0.327 e. The smallest absolute Gasteiger partial charge is 0.0842 e. The van der Waals surface area contributed by atoms with Crippen LogP contribution in [0.3, 0.4) is 0 Å². The molecule has 1 atom stereocenters. The first kappa shape index (κ1) is 12.8. The van der Waals surface area contributed by atoms with Crippen molar-refractivity contribution in [1.29, 1.82) is 0 Å². The third kappa shape index (κ3) is 2.28. The van der Waals surface area contributed by atoms with Gasteiger partial charge in [-0.25, -0.2) is 0 Å². The summed E-state index contributed by atoms with van der Waals surface area (Å²) in [5.74, 6) is 3.06. The maximum Gasteiger partial charge on any atom is 0.0842 e. The van der Waals surface area contributed by atoms with Crippen LogP contribution in [-0.4, -0.2) is 21.0 Å². The molecule has 20 heavy (non-hydrogen) atoms. The molecule has 4 aliphatic carbocycles. The minimum atomic E-state index is 0.253. The molecule has 4 fully saturated rings. The Bertz CT molecular complexity index is 457. The van der Waals surface area contributed by atoms with Crippen LogP contribution < -0.4 is 5.73 Å². The van der Waals surface area contributed by atoms with Crippen LogP contribution in [0.1, 0.15) is 50.6 Å². The summed E-state index contributed by atoms with van der Waals surface area (Å²) in [6, 6.07) is 0.253. The maximum absolute atomic E-state index is 6.46. The number of rotatable bonds is 4. The van der Waals surface area contributed by atoms with Gasteiger partial charge in [0.1, 0.15) is 0 Å². The first-order valence-corrected chi connectivity index (χ1v) is 8.21. The summed E-state index contributed by atoms with van der Waals surface area (Å²) in [5, 5.41) is 8.19. The van der Waals surface area contributed by atoms with Crippen LogP contribution in [-0.2, 0) is 13.5 Å². The van der Waals surface area contributed by atoms with Crippen molar-refractivity contribution in [3.8, 4) is 0 Å². The Hall–Kier alpha value is -0.900. The molecule has 4 aliphatic rings. The van der Waals surface area contributed by atoms with Crippen LogP contribution in [0.25, 0.3) is 0 Å². The van der Waals surface area contributed by atoms with Gasteiger partial charge in [0.25, 0.3) is 0 Å². The van der Waals surface area contributed by atoms with Crippen molar-refractivity contribution in [3.63, 3.8) is 0 Å². The van der Waals surface area contributed by atoms with Crippen molar-refractivity contribution in [3.05, 3.63) is 11.9 Å². The van der Waals surface area contributed by atoms with Gasteiger partial charge in [0, 0.05) is 25.7 Å². The number of hydrogen-bond acceptors (Lipinski definition) is 3. The summed E-state index contributed by atoms with van der Waals surface area (Å²) in [4.78, 5) is 0. The Morgan fingerprint density at radius 2 is 1.85 bits per heavy atom. The molecule has 4 nitrogen and oxygen atoms in total. The number of nitrogens with zero attached hydrogens (tertiary/aromatic N) is 3. The number of aryl methyl sites for hydroxylation is 1. The lowest BCUT2D eigenvalue weighted by molar-refractivity contribution is -0.0603. The summed E-state index contributed by atoms with van der Waals surface area (Å²) in [5.41, 5.74) is 8.09. The Kier molecular flexibility index (Phi) is 2.92. The topological polar surface area (TPSA) is 56.7 Å². The molecule has 0 amide bonds. The van der Waals surface area contributed by atoms with Gasteiger partial charge in [-0.15, -0.1) is 5.10 Å². The molecule has 2 N–H and O–H groups in total. The molecule has 0 aliphatic heterocycles. The van der Waals surface area contributed by atoms with Crippen molar-refractivity contribution in [2.75, 3.05) is 0 Å². The molecule has 1 aromatic rings. The molecule has 4 bridgehead atoms. The number of nitrogens with two attached hydrogens (primary N) is 1. The minimum absolute atomic E-state index is 0.253. The predicted octanol–water partition coefficient (Wildman–Crippen LogP) is 2.29. The second kappa shape index (κ2) is 4.55. The van der Waals surface area contributed by atoms with Gasteiger partial charge in [-0.05, 0) is 68.1 Å². The predicted molar refractivity (Wildman–Crippen MR) is 77.9 cm³/mol. The quantitative estimate of drug-likeness (QED) is 0.916. The Balaban J connectivity index is 1.43. The number of aromatic nitrogens is 3. The van der Waals surface area contributed by atoms with E-state index in [1.807, 2.05) is 13.2 Å². The third-order valence-corrected chi connectivity index (χ3v) is 5.98. The summed E-state index contributed by atoms with van der Waals surface area (Å²) in [6.45, 7) is 0. The first-order chi connectivity index (χ1) is 9.60. The van der Waals surface area contributed by atoms with Gasteiger partial charge < -0.3 is 5.73 Å². The Morgan fingerprint density at radius 1 is 1.25 bits per heavy atom. The van der Waals surface area contributed by atoms with Gasteiger partial charge in [0.2, 0.25) is 0 Å². The van der Waals surface area contributed by atoms with Gasteiger partial charge in [0.05, 0.1) is 5.69 Å². The summed E-state index contributed by atoms with van der Waals surface area (Å²) >= 11 is 0. The second-order valence-corrected chi connectivity index (χ2v) is 7.97. The summed E-state index contributed by atoms with van der Waals surface area (Å²) in [6.07, 6.45) is 13.0. The Labute approximate surface area is 121 Å².